The summed E-state index contributed by atoms with van der Waals surface area (Å²) in [6.07, 6.45) is 7.77. The second-order valence-corrected chi connectivity index (χ2v) is 10.9. The summed E-state index contributed by atoms with van der Waals surface area (Å²) in [7, 11) is 0. The van der Waals surface area contributed by atoms with Crippen molar-refractivity contribution in [1.82, 2.24) is 20.1 Å². The van der Waals surface area contributed by atoms with E-state index in [2.05, 4.69) is 44.5 Å². The first-order valence-electron chi connectivity index (χ1n) is 11.2. The van der Waals surface area contributed by atoms with Gasteiger partial charge in [-0.25, -0.2) is 0 Å². The normalized spacial score (nSPS) is 28.8. The molecule has 3 heterocycles. The van der Waals surface area contributed by atoms with Crippen molar-refractivity contribution in [2.24, 2.45) is 17.8 Å². The molecular weight excluding hydrogens is 416 g/mol. The van der Waals surface area contributed by atoms with Crippen molar-refractivity contribution in [3.63, 3.8) is 0 Å². The molecule has 2 aliphatic carbocycles. The van der Waals surface area contributed by atoms with Crippen LogP contribution < -0.4 is 5.32 Å². The molecule has 5 rings (SSSR count). The van der Waals surface area contributed by atoms with Crippen molar-refractivity contribution >= 4 is 29.0 Å². The van der Waals surface area contributed by atoms with Crippen LogP contribution in [0.25, 0.3) is 10.7 Å². The van der Waals surface area contributed by atoms with Crippen LogP contribution in [0.3, 0.4) is 0 Å². The second-order valence-electron chi connectivity index (χ2n) is 8.96. The first-order chi connectivity index (χ1) is 14.7. The van der Waals surface area contributed by atoms with Crippen LogP contribution in [-0.4, -0.2) is 45.7 Å². The van der Waals surface area contributed by atoms with E-state index in [0.29, 0.717) is 24.3 Å². The Morgan fingerprint density at radius 3 is 3.00 bits per heavy atom. The summed E-state index contributed by atoms with van der Waals surface area (Å²) in [5.41, 5.74) is 0. The van der Waals surface area contributed by atoms with Crippen LogP contribution in [0.5, 0.6) is 0 Å². The predicted molar refractivity (Wildman–Crippen MR) is 120 cm³/mol. The Morgan fingerprint density at radius 1 is 1.37 bits per heavy atom. The Balaban J connectivity index is 1.30. The number of nitrogens with one attached hydrogen (secondary N) is 1. The van der Waals surface area contributed by atoms with E-state index in [1.54, 1.807) is 11.3 Å². The number of carbonyl (C=O) groups is 1. The molecule has 2 aromatic heterocycles. The molecule has 6 nitrogen and oxygen atoms in total. The van der Waals surface area contributed by atoms with Gasteiger partial charge in [-0.05, 0) is 68.2 Å². The van der Waals surface area contributed by atoms with Crippen LogP contribution in [0, 0.1) is 17.8 Å². The molecule has 2 bridgehead atoms. The second kappa shape index (κ2) is 9.01. The number of rotatable bonds is 8. The van der Waals surface area contributed by atoms with Crippen LogP contribution in [0.1, 0.15) is 51.5 Å². The molecule has 3 fully saturated rings. The molecular formula is C22H30N4O2S2. The number of thiophene rings is 1. The number of aromatic nitrogens is 3. The summed E-state index contributed by atoms with van der Waals surface area (Å²) >= 11 is 3.20. The number of thioether (sulfide) groups is 1. The molecule has 1 aliphatic heterocycles. The van der Waals surface area contributed by atoms with Gasteiger partial charge in [-0.1, -0.05) is 24.2 Å². The monoisotopic (exact) mass is 446 g/mol. The molecule has 30 heavy (non-hydrogen) atoms. The fourth-order valence-electron chi connectivity index (χ4n) is 5.61. The number of hydrogen-bond donors (Lipinski definition) is 1. The van der Waals surface area contributed by atoms with Gasteiger partial charge in [0, 0.05) is 19.2 Å². The first kappa shape index (κ1) is 20.5. The highest BCUT2D eigenvalue weighted by molar-refractivity contribution is 7.99. The summed E-state index contributed by atoms with van der Waals surface area (Å²) in [5.74, 6) is 3.77. The van der Waals surface area contributed by atoms with E-state index in [4.69, 9.17) is 4.74 Å². The van der Waals surface area contributed by atoms with Gasteiger partial charge < -0.3 is 10.1 Å². The highest BCUT2D eigenvalue weighted by Crippen LogP contribution is 2.53. The topological polar surface area (TPSA) is 69.0 Å². The van der Waals surface area contributed by atoms with Gasteiger partial charge in [-0.2, -0.15) is 0 Å². The lowest BCUT2D eigenvalue weighted by atomic mass is 9.84. The number of fused-ring (bicyclic) bond motifs is 2. The van der Waals surface area contributed by atoms with Crippen molar-refractivity contribution in [3.8, 4) is 10.7 Å². The van der Waals surface area contributed by atoms with E-state index in [1.165, 1.54) is 37.4 Å². The van der Waals surface area contributed by atoms with Gasteiger partial charge >= 0.3 is 0 Å². The zero-order valence-corrected chi connectivity index (χ0v) is 19.1. The van der Waals surface area contributed by atoms with Gasteiger partial charge in [0.15, 0.2) is 11.0 Å². The Hall–Kier alpha value is -1.38. The van der Waals surface area contributed by atoms with Crippen LogP contribution in [0.4, 0.5) is 0 Å². The summed E-state index contributed by atoms with van der Waals surface area (Å²) in [5, 5.41) is 15.0. The molecule has 0 spiro atoms. The molecule has 0 radical (unpaired) electrons. The summed E-state index contributed by atoms with van der Waals surface area (Å²) in [6, 6.07) is 4.53. The summed E-state index contributed by atoms with van der Waals surface area (Å²) in [6.45, 7) is 3.74. The van der Waals surface area contributed by atoms with Gasteiger partial charge in [0.05, 0.1) is 16.7 Å². The molecule has 5 unspecified atom stereocenters. The Bertz CT molecular complexity index is 863. The van der Waals surface area contributed by atoms with E-state index >= 15 is 0 Å². The molecule has 1 amide bonds. The van der Waals surface area contributed by atoms with E-state index in [1.807, 2.05) is 0 Å². The number of carbonyl (C=O) groups excluding carboxylic acids is 1. The zero-order chi connectivity index (χ0) is 20.5. The maximum atomic E-state index is 12.4. The van der Waals surface area contributed by atoms with Crippen molar-refractivity contribution < 1.29 is 9.53 Å². The smallest absolute Gasteiger partial charge is 0.230 e. The lowest BCUT2D eigenvalue weighted by Crippen LogP contribution is -2.33. The number of hydrogen-bond acceptors (Lipinski definition) is 6. The lowest BCUT2D eigenvalue weighted by Gasteiger charge is -2.30. The van der Waals surface area contributed by atoms with Crippen LogP contribution in [0.15, 0.2) is 22.7 Å². The average Bonchev–Trinajstić information content (AvgIpc) is 3.58. The first-order valence-corrected chi connectivity index (χ1v) is 13.1. The minimum absolute atomic E-state index is 0.0373. The zero-order valence-electron chi connectivity index (χ0n) is 17.5. The van der Waals surface area contributed by atoms with Gasteiger partial charge in [0.2, 0.25) is 5.91 Å². The molecule has 2 aromatic rings. The lowest BCUT2D eigenvalue weighted by molar-refractivity contribution is -0.119. The van der Waals surface area contributed by atoms with Crippen molar-refractivity contribution in [1.29, 1.82) is 0 Å². The van der Waals surface area contributed by atoms with E-state index in [-0.39, 0.29) is 12.0 Å². The molecule has 3 aliphatic rings. The maximum absolute atomic E-state index is 12.4. The molecule has 5 atom stereocenters. The van der Waals surface area contributed by atoms with Crippen molar-refractivity contribution in [3.05, 3.63) is 17.5 Å². The average molecular weight is 447 g/mol. The molecule has 1 saturated heterocycles. The predicted octanol–water partition coefficient (Wildman–Crippen LogP) is 4.39. The molecule has 2 saturated carbocycles. The fraction of sp³-hybridized carbons (Fsp3) is 0.682. The largest absolute Gasteiger partial charge is 0.376 e. The summed E-state index contributed by atoms with van der Waals surface area (Å²) in [4.78, 5) is 13.6. The Kier molecular flexibility index (Phi) is 6.16. The standard InChI is InChI=1S/C22H30N4O2S2/c1-14(18-11-15-6-7-16(18)10-15)26-21(19-5-3-9-29-19)24-25-22(26)30-13-20(27)23-12-17-4-2-8-28-17/h3,5,9,14-18H,2,4,6-8,10-13H2,1H3,(H,23,27). The SMILES string of the molecule is CC(C1CC2CCC1C2)n1c(SCC(=O)NCC2CCCO2)nnc1-c1cccs1. The van der Waals surface area contributed by atoms with Crippen molar-refractivity contribution in [2.45, 2.75) is 62.8 Å². The number of ether oxygens (including phenoxy) is 1. The number of amides is 1. The van der Waals surface area contributed by atoms with Gasteiger partial charge in [0.1, 0.15) is 0 Å². The molecule has 1 N–H and O–H groups in total. The van der Waals surface area contributed by atoms with Gasteiger partial charge in [-0.15, -0.1) is 21.5 Å². The number of nitrogens with zero attached hydrogens (tertiary/aromatic N) is 3. The van der Waals surface area contributed by atoms with Crippen LogP contribution >= 0.6 is 23.1 Å². The summed E-state index contributed by atoms with van der Waals surface area (Å²) < 4.78 is 7.91. The third-order valence-corrected chi connectivity index (χ3v) is 8.92. The van der Waals surface area contributed by atoms with E-state index < -0.39 is 0 Å². The minimum atomic E-state index is 0.0373. The van der Waals surface area contributed by atoms with Crippen LogP contribution in [-0.2, 0) is 9.53 Å². The highest BCUT2D eigenvalue weighted by atomic mass is 32.2. The third kappa shape index (κ3) is 4.18. The van der Waals surface area contributed by atoms with Crippen LogP contribution in [0.2, 0.25) is 0 Å². The van der Waals surface area contributed by atoms with Gasteiger partial charge in [0.25, 0.3) is 0 Å². The highest BCUT2D eigenvalue weighted by Gasteiger charge is 2.43. The van der Waals surface area contributed by atoms with Crippen molar-refractivity contribution in [2.75, 3.05) is 18.9 Å². The molecule has 8 heteroatoms. The van der Waals surface area contributed by atoms with E-state index in [0.717, 1.165) is 47.1 Å². The maximum Gasteiger partial charge on any atom is 0.230 e. The molecule has 0 aromatic carbocycles. The minimum Gasteiger partial charge on any atom is -0.376 e. The quantitative estimate of drug-likeness (QED) is 0.609. The molecule has 162 valence electrons. The Labute approximate surface area is 186 Å². The van der Waals surface area contributed by atoms with E-state index in [9.17, 15) is 4.79 Å². The van der Waals surface area contributed by atoms with Gasteiger partial charge in [-0.3, -0.25) is 9.36 Å². The fourth-order valence-corrected chi connectivity index (χ4v) is 7.16. The Morgan fingerprint density at radius 2 is 2.30 bits per heavy atom. The third-order valence-electron chi connectivity index (χ3n) is 7.11.